The van der Waals surface area contributed by atoms with Gasteiger partial charge in [0, 0.05) is 0 Å². The van der Waals surface area contributed by atoms with E-state index in [1.54, 1.807) is 0 Å². The quantitative estimate of drug-likeness (QED) is 0.718. The second kappa shape index (κ2) is 4.50. The molecule has 0 spiro atoms. The summed E-state index contributed by atoms with van der Waals surface area (Å²) in [5.74, 6) is -11.0. The number of hydrogen-bond acceptors (Lipinski definition) is 1. The maximum Gasteiger partial charge on any atom is 0.455 e. The van der Waals surface area contributed by atoms with Gasteiger partial charge in [0.15, 0.2) is 0 Å². The third-order valence-corrected chi connectivity index (χ3v) is 1.40. The van der Waals surface area contributed by atoms with Gasteiger partial charge in [0.1, 0.15) is 13.2 Å². The van der Waals surface area contributed by atoms with Crippen LogP contribution in [0.4, 0.5) is 43.9 Å². The summed E-state index contributed by atoms with van der Waals surface area (Å²) in [6.45, 7) is -5.22. The van der Waals surface area contributed by atoms with Crippen molar-refractivity contribution in [2.75, 3.05) is 13.2 Å². The van der Waals surface area contributed by atoms with Crippen molar-refractivity contribution in [3.63, 3.8) is 0 Å². The Bertz CT molecular complexity index is 225. The molecule has 0 aromatic heterocycles. The molecule has 0 radical (unpaired) electrons. The van der Waals surface area contributed by atoms with E-state index in [2.05, 4.69) is 4.74 Å². The fourth-order valence-electron chi connectivity index (χ4n) is 0.471. The van der Waals surface area contributed by atoms with Gasteiger partial charge < -0.3 is 4.74 Å². The molecule has 0 bridgehead atoms. The third-order valence-electron chi connectivity index (χ3n) is 1.40. The average molecular weight is 282 g/mol. The number of halogens is 10. The van der Waals surface area contributed by atoms with Crippen molar-refractivity contribution in [3.05, 3.63) is 0 Å². The monoisotopic (exact) mass is 282 g/mol. The van der Waals surface area contributed by atoms with E-state index < -0.39 is 37.4 Å². The molecule has 0 aromatic rings. The molecule has 0 aliphatic heterocycles. The van der Waals surface area contributed by atoms with Gasteiger partial charge in [0.05, 0.1) is 0 Å². The minimum Gasteiger partial charge on any atom is -0.368 e. The molecule has 0 aliphatic carbocycles. The Morgan fingerprint density at radius 2 is 0.765 bits per heavy atom. The van der Waals surface area contributed by atoms with Crippen molar-refractivity contribution in [3.8, 4) is 0 Å². The molecule has 0 N–H and O–H groups in total. The fourth-order valence-corrected chi connectivity index (χ4v) is 0.471. The summed E-state index contributed by atoms with van der Waals surface area (Å²) in [5.41, 5.74) is 0. The van der Waals surface area contributed by atoms with Crippen molar-refractivity contribution in [2.24, 2.45) is 0 Å². The van der Waals surface area contributed by atoms with Crippen molar-refractivity contribution in [1.82, 2.24) is 0 Å². The summed E-state index contributed by atoms with van der Waals surface area (Å²) < 4.78 is 120. The van der Waals surface area contributed by atoms with E-state index >= 15 is 0 Å². The van der Waals surface area contributed by atoms with Gasteiger partial charge >= 0.3 is 24.2 Å². The molecule has 11 heteroatoms. The average Bonchev–Trinajstić information content (AvgIpc) is 1.98. The Balaban J connectivity index is 4.36. The molecule has 0 saturated heterocycles. The summed E-state index contributed by atoms with van der Waals surface area (Å²) in [7, 11) is 0. The summed E-state index contributed by atoms with van der Waals surface area (Å²) in [6, 6.07) is 0. The van der Waals surface area contributed by atoms with E-state index in [4.69, 9.17) is 0 Å². The standard InChI is InChI=1S/C6H4F10O/c7-3(8,5(11,12)13)1-17-2-4(9,10)6(14,15)16/h1-2H2. The maximum absolute atomic E-state index is 12.0. The van der Waals surface area contributed by atoms with Crippen LogP contribution in [0, 0.1) is 0 Å². The largest absolute Gasteiger partial charge is 0.455 e. The zero-order valence-corrected chi connectivity index (χ0v) is 7.60. The van der Waals surface area contributed by atoms with E-state index in [0.29, 0.717) is 0 Å². The van der Waals surface area contributed by atoms with Crippen molar-refractivity contribution >= 4 is 0 Å². The topological polar surface area (TPSA) is 9.23 Å². The molecule has 0 unspecified atom stereocenters. The van der Waals surface area contributed by atoms with Gasteiger partial charge in [-0.15, -0.1) is 0 Å². The van der Waals surface area contributed by atoms with E-state index in [0.717, 1.165) is 0 Å². The lowest BCUT2D eigenvalue weighted by atomic mass is 10.3. The lowest BCUT2D eigenvalue weighted by Crippen LogP contribution is -2.45. The molecule has 0 fully saturated rings. The van der Waals surface area contributed by atoms with Gasteiger partial charge in [-0.05, 0) is 0 Å². The molecule has 0 atom stereocenters. The Morgan fingerprint density at radius 1 is 0.529 bits per heavy atom. The first kappa shape index (κ1) is 16.3. The van der Waals surface area contributed by atoms with Crippen LogP contribution in [0.2, 0.25) is 0 Å². The summed E-state index contributed by atoms with van der Waals surface area (Å²) >= 11 is 0. The highest BCUT2D eigenvalue weighted by molar-refractivity contribution is 4.78. The van der Waals surface area contributed by atoms with Gasteiger partial charge in [-0.2, -0.15) is 43.9 Å². The second-order valence-corrected chi connectivity index (χ2v) is 2.90. The van der Waals surface area contributed by atoms with Crippen LogP contribution in [0.1, 0.15) is 0 Å². The minimum absolute atomic E-state index is 2.61. The molecule has 1 nitrogen and oxygen atoms in total. The van der Waals surface area contributed by atoms with Crippen LogP contribution in [0.25, 0.3) is 0 Å². The lowest BCUT2D eigenvalue weighted by molar-refractivity contribution is -0.320. The van der Waals surface area contributed by atoms with Crippen LogP contribution in [0.15, 0.2) is 0 Å². The lowest BCUT2D eigenvalue weighted by Gasteiger charge is -2.22. The fraction of sp³-hybridized carbons (Fsp3) is 1.00. The number of alkyl halides is 10. The number of hydrogen-bond donors (Lipinski definition) is 0. The Kier molecular flexibility index (Phi) is 4.30. The third kappa shape index (κ3) is 4.21. The molecule has 17 heavy (non-hydrogen) atoms. The normalized spacial score (nSPS) is 15.2. The van der Waals surface area contributed by atoms with Crippen LogP contribution >= 0.6 is 0 Å². The van der Waals surface area contributed by atoms with Gasteiger partial charge in [-0.25, -0.2) is 0 Å². The van der Waals surface area contributed by atoms with Crippen LogP contribution in [0.5, 0.6) is 0 Å². The van der Waals surface area contributed by atoms with E-state index in [1.165, 1.54) is 0 Å². The molecule has 0 saturated carbocycles. The molecular formula is C6H4F10O. The van der Waals surface area contributed by atoms with Crippen molar-refractivity contribution in [2.45, 2.75) is 24.2 Å². The maximum atomic E-state index is 12.0. The zero-order valence-electron chi connectivity index (χ0n) is 7.60. The van der Waals surface area contributed by atoms with Gasteiger partial charge in [-0.3, -0.25) is 0 Å². The molecule has 0 heterocycles. The predicted octanol–water partition coefficient (Wildman–Crippen LogP) is 3.40. The van der Waals surface area contributed by atoms with Gasteiger partial charge in [0.2, 0.25) is 0 Å². The first-order valence-electron chi connectivity index (χ1n) is 3.67. The minimum atomic E-state index is -6.08. The van der Waals surface area contributed by atoms with Gasteiger partial charge in [0.25, 0.3) is 0 Å². The molecule has 104 valence electrons. The number of rotatable bonds is 4. The highest BCUT2D eigenvalue weighted by atomic mass is 19.4. The predicted molar refractivity (Wildman–Crippen MR) is 32.8 cm³/mol. The molecule has 0 aromatic carbocycles. The van der Waals surface area contributed by atoms with Crippen molar-refractivity contribution < 1.29 is 48.6 Å². The van der Waals surface area contributed by atoms with Crippen LogP contribution in [0.3, 0.4) is 0 Å². The second-order valence-electron chi connectivity index (χ2n) is 2.90. The van der Waals surface area contributed by atoms with E-state index in [1.807, 2.05) is 0 Å². The molecule has 0 amide bonds. The Morgan fingerprint density at radius 3 is 0.941 bits per heavy atom. The van der Waals surface area contributed by atoms with Gasteiger partial charge in [-0.1, -0.05) is 0 Å². The SMILES string of the molecule is FC(F)(F)C(F)(F)COCC(F)(F)C(F)(F)F. The first-order chi connectivity index (χ1) is 7.21. The Labute approximate surface area is 87.3 Å². The summed E-state index contributed by atoms with van der Waals surface area (Å²) in [4.78, 5) is 0. The van der Waals surface area contributed by atoms with Crippen LogP contribution in [-0.4, -0.2) is 37.4 Å². The van der Waals surface area contributed by atoms with Crippen LogP contribution in [-0.2, 0) is 4.74 Å². The van der Waals surface area contributed by atoms with E-state index in [9.17, 15) is 43.9 Å². The molecule has 0 aliphatic rings. The molecular weight excluding hydrogens is 278 g/mol. The van der Waals surface area contributed by atoms with E-state index in [-0.39, 0.29) is 0 Å². The summed E-state index contributed by atoms with van der Waals surface area (Å²) in [6.07, 6.45) is -12.2. The first-order valence-corrected chi connectivity index (χ1v) is 3.67. The zero-order chi connectivity index (χ0) is 14.1. The van der Waals surface area contributed by atoms with Crippen LogP contribution < -0.4 is 0 Å². The smallest absolute Gasteiger partial charge is 0.368 e. The van der Waals surface area contributed by atoms with Crippen molar-refractivity contribution in [1.29, 1.82) is 0 Å². The summed E-state index contributed by atoms with van der Waals surface area (Å²) in [5, 5.41) is 0. The number of ether oxygens (including phenoxy) is 1. The Hall–Kier alpha value is -0.740. The highest BCUT2D eigenvalue weighted by Gasteiger charge is 2.60. The highest BCUT2D eigenvalue weighted by Crippen LogP contribution is 2.38. The molecule has 0 rings (SSSR count).